The maximum absolute atomic E-state index is 13.2. The van der Waals surface area contributed by atoms with Gasteiger partial charge in [-0.3, -0.25) is 0 Å². The van der Waals surface area contributed by atoms with Crippen LogP contribution in [0, 0.1) is 5.82 Å². The van der Waals surface area contributed by atoms with Crippen molar-refractivity contribution in [3.63, 3.8) is 0 Å². The van der Waals surface area contributed by atoms with Crippen molar-refractivity contribution in [2.45, 2.75) is 0 Å². The minimum absolute atomic E-state index is 0.0170. The van der Waals surface area contributed by atoms with Gasteiger partial charge >= 0.3 is 5.97 Å². The third-order valence-corrected chi connectivity index (χ3v) is 2.19. The molecule has 0 saturated heterocycles. The number of phenols is 1. The van der Waals surface area contributed by atoms with E-state index >= 15 is 0 Å². The van der Waals surface area contributed by atoms with Gasteiger partial charge in [-0.15, -0.1) is 0 Å². The van der Waals surface area contributed by atoms with Crippen LogP contribution in [0.15, 0.2) is 30.3 Å². The molecule has 2 N–H and O–H groups in total. The Bertz CT molecular complexity index is 549. The Morgan fingerprint density at radius 1 is 1.13 bits per heavy atom. The lowest BCUT2D eigenvalue weighted by Gasteiger charge is -2.03. The highest BCUT2D eigenvalue weighted by Gasteiger charge is 2.08. The van der Waals surface area contributed by atoms with Gasteiger partial charge in [-0.2, -0.15) is 0 Å². The van der Waals surface area contributed by atoms with E-state index in [2.05, 4.69) is 0 Å². The summed E-state index contributed by atoms with van der Waals surface area (Å²) in [5.41, 5.74) is 0.0170. The number of hydrogen-bond donors (Lipinski definition) is 2. The van der Waals surface area contributed by atoms with Crippen molar-refractivity contribution >= 4 is 16.7 Å². The van der Waals surface area contributed by atoms with Gasteiger partial charge in [0.25, 0.3) is 0 Å². The molecule has 0 aliphatic carbocycles. The van der Waals surface area contributed by atoms with Crippen LogP contribution in [-0.4, -0.2) is 16.2 Å². The molecule has 0 unspecified atom stereocenters. The summed E-state index contributed by atoms with van der Waals surface area (Å²) < 4.78 is 13.2. The lowest BCUT2D eigenvalue weighted by molar-refractivity contribution is 0.0697. The highest BCUT2D eigenvalue weighted by atomic mass is 19.1. The summed E-state index contributed by atoms with van der Waals surface area (Å²) in [6.07, 6.45) is 0. The molecule has 4 heteroatoms. The van der Waals surface area contributed by atoms with E-state index in [1.165, 1.54) is 24.3 Å². The van der Waals surface area contributed by atoms with Crippen molar-refractivity contribution in [2.24, 2.45) is 0 Å². The number of halogens is 1. The van der Waals surface area contributed by atoms with E-state index < -0.39 is 11.8 Å². The fourth-order valence-electron chi connectivity index (χ4n) is 1.43. The molecular weight excluding hydrogens is 199 g/mol. The van der Waals surface area contributed by atoms with Crippen LogP contribution in [0.1, 0.15) is 10.4 Å². The van der Waals surface area contributed by atoms with Gasteiger partial charge in [-0.1, -0.05) is 6.07 Å². The largest absolute Gasteiger partial charge is 0.507 e. The normalized spacial score (nSPS) is 10.5. The Balaban J connectivity index is 2.81. The quantitative estimate of drug-likeness (QED) is 0.753. The number of rotatable bonds is 1. The number of aromatic carboxylic acids is 1. The number of hydrogen-bond acceptors (Lipinski definition) is 2. The van der Waals surface area contributed by atoms with Crippen molar-refractivity contribution in [3.05, 3.63) is 41.7 Å². The van der Waals surface area contributed by atoms with Crippen molar-refractivity contribution in [1.29, 1.82) is 0 Å². The predicted octanol–water partition coefficient (Wildman–Crippen LogP) is 2.38. The molecular formula is C11H7FO3. The number of carboxylic acids is 1. The van der Waals surface area contributed by atoms with E-state index in [9.17, 15) is 14.3 Å². The van der Waals surface area contributed by atoms with Gasteiger partial charge in [0.05, 0.1) is 5.56 Å². The molecule has 0 bridgehead atoms. The number of phenolic OH excluding ortho intramolecular Hbond substituents is 1. The molecule has 0 aliphatic heterocycles. The molecule has 0 radical (unpaired) electrons. The van der Waals surface area contributed by atoms with E-state index in [0.29, 0.717) is 0 Å². The molecule has 0 spiro atoms. The first-order valence-corrected chi connectivity index (χ1v) is 4.24. The van der Waals surface area contributed by atoms with E-state index in [1.54, 1.807) is 0 Å². The second-order valence-electron chi connectivity index (χ2n) is 3.13. The standard InChI is InChI=1S/C11H7FO3/c12-9-3-4-10(13)8-5-6(11(14)15)1-2-7(8)9/h1-5,13H,(H,14,15). The van der Waals surface area contributed by atoms with Crippen LogP contribution < -0.4 is 0 Å². The van der Waals surface area contributed by atoms with Crippen LogP contribution in [-0.2, 0) is 0 Å². The minimum Gasteiger partial charge on any atom is -0.507 e. The zero-order valence-electron chi connectivity index (χ0n) is 7.57. The highest BCUT2D eigenvalue weighted by molar-refractivity contribution is 5.96. The summed E-state index contributed by atoms with van der Waals surface area (Å²) in [6.45, 7) is 0. The van der Waals surface area contributed by atoms with Crippen molar-refractivity contribution in [3.8, 4) is 5.75 Å². The smallest absolute Gasteiger partial charge is 0.335 e. The number of carboxylic acid groups (broad SMARTS) is 1. The van der Waals surface area contributed by atoms with Crippen LogP contribution in [0.3, 0.4) is 0 Å². The molecule has 3 nitrogen and oxygen atoms in total. The second-order valence-corrected chi connectivity index (χ2v) is 3.13. The molecule has 0 heterocycles. The molecule has 0 aliphatic rings. The van der Waals surface area contributed by atoms with Crippen LogP contribution in [0.2, 0.25) is 0 Å². The molecule has 0 aromatic heterocycles. The van der Waals surface area contributed by atoms with Gasteiger partial charge in [0.2, 0.25) is 0 Å². The summed E-state index contributed by atoms with van der Waals surface area (Å²) in [5, 5.41) is 18.6. The minimum atomic E-state index is -1.11. The number of carbonyl (C=O) groups is 1. The van der Waals surface area contributed by atoms with Crippen LogP contribution in [0.5, 0.6) is 5.75 Å². The van der Waals surface area contributed by atoms with E-state index in [4.69, 9.17) is 5.11 Å². The van der Waals surface area contributed by atoms with Gasteiger partial charge in [0.15, 0.2) is 0 Å². The Hall–Kier alpha value is -2.10. The van der Waals surface area contributed by atoms with E-state index in [1.807, 2.05) is 0 Å². The van der Waals surface area contributed by atoms with E-state index in [-0.39, 0.29) is 22.1 Å². The molecule has 2 rings (SSSR count). The maximum atomic E-state index is 13.2. The summed E-state index contributed by atoms with van der Waals surface area (Å²) in [6, 6.07) is 6.22. The average molecular weight is 206 g/mol. The van der Waals surface area contributed by atoms with Gasteiger partial charge in [0, 0.05) is 10.8 Å². The first-order chi connectivity index (χ1) is 7.09. The fourth-order valence-corrected chi connectivity index (χ4v) is 1.43. The monoisotopic (exact) mass is 206 g/mol. The molecule has 0 fully saturated rings. The topological polar surface area (TPSA) is 57.5 Å². The molecule has 0 amide bonds. The van der Waals surface area contributed by atoms with Gasteiger partial charge < -0.3 is 10.2 Å². The van der Waals surface area contributed by atoms with Gasteiger partial charge in [0.1, 0.15) is 11.6 Å². The van der Waals surface area contributed by atoms with Crippen LogP contribution in [0.25, 0.3) is 10.8 Å². The Labute approximate surface area is 84.4 Å². The first-order valence-electron chi connectivity index (χ1n) is 4.24. The summed E-state index contributed by atoms with van der Waals surface area (Å²) in [7, 11) is 0. The number of benzene rings is 2. The summed E-state index contributed by atoms with van der Waals surface area (Å²) in [4.78, 5) is 10.7. The van der Waals surface area contributed by atoms with Crippen molar-refractivity contribution < 1.29 is 19.4 Å². The molecule has 0 saturated carbocycles. The Kier molecular flexibility index (Phi) is 2.04. The Morgan fingerprint density at radius 2 is 1.87 bits per heavy atom. The number of aromatic hydroxyl groups is 1. The lowest BCUT2D eigenvalue weighted by Crippen LogP contribution is -1.95. The summed E-state index contributed by atoms with van der Waals surface area (Å²) >= 11 is 0. The lowest BCUT2D eigenvalue weighted by atomic mass is 10.1. The fraction of sp³-hybridized carbons (Fsp3) is 0. The predicted molar refractivity (Wildman–Crippen MR) is 52.5 cm³/mol. The van der Waals surface area contributed by atoms with Crippen molar-refractivity contribution in [1.82, 2.24) is 0 Å². The third-order valence-electron chi connectivity index (χ3n) is 2.19. The van der Waals surface area contributed by atoms with Gasteiger partial charge in [-0.25, -0.2) is 9.18 Å². The van der Waals surface area contributed by atoms with Gasteiger partial charge in [-0.05, 0) is 24.3 Å². The van der Waals surface area contributed by atoms with Crippen molar-refractivity contribution in [2.75, 3.05) is 0 Å². The first kappa shape index (κ1) is 9.45. The molecule has 0 atom stereocenters. The van der Waals surface area contributed by atoms with Crippen LogP contribution in [0.4, 0.5) is 4.39 Å². The third kappa shape index (κ3) is 1.50. The SMILES string of the molecule is O=C(O)c1ccc2c(F)ccc(O)c2c1. The maximum Gasteiger partial charge on any atom is 0.335 e. The molecule has 2 aromatic carbocycles. The number of fused-ring (bicyclic) bond motifs is 1. The molecule has 76 valence electrons. The van der Waals surface area contributed by atoms with E-state index in [0.717, 1.165) is 6.07 Å². The second kappa shape index (κ2) is 3.24. The average Bonchev–Trinajstić information content (AvgIpc) is 2.23. The Morgan fingerprint density at radius 3 is 2.53 bits per heavy atom. The molecule has 15 heavy (non-hydrogen) atoms. The molecule has 2 aromatic rings. The zero-order chi connectivity index (χ0) is 11.0. The highest BCUT2D eigenvalue weighted by Crippen LogP contribution is 2.27. The zero-order valence-corrected chi connectivity index (χ0v) is 7.57. The summed E-state index contributed by atoms with van der Waals surface area (Å²) in [5.74, 6) is -1.73. The van der Waals surface area contributed by atoms with Crippen LogP contribution >= 0.6 is 0 Å².